The van der Waals surface area contributed by atoms with Crippen LogP contribution in [0, 0.1) is 11.6 Å². The van der Waals surface area contributed by atoms with Gasteiger partial charge in [0.25, 0.3) is 11.8 Å². The molecule has 210 valence electrons. The molecule has 1 atom stereocenters. The highest BCUT2D eigenvalue weighted by Gasteiger charge is 2.35. The highest BCUT2D eigenvalue weighted by Crippen LogP contribution is 2.35. The summed E-state index contributed by atoms with van der Waals surface area (Å²) in [6.07, 6.45) is 2.18. The van der Waals surface area contributed by atoms with Crippen molar-refractivity contribution in [1.82, 2.24) is 25.1 Å². The Balaban J connectivity index is 1.34. The van der Waals surface area contributed by atoms with Crippen molar-refractivity contribution in [3.05, 3.63) is 65.6 Å². The van der Waals surface area contributed by atoms with Gasteiger partial charge < -0.3 is 19.5 Å². The Morgan fingerprint density at radius 3 is 2.83 bits per heavy atom. The number of ether oxygens (including phenoxy) is 3. The number of methoxy groups -OCH3 is 1. The number of aromatic nitrogens is 4. The van der Waals surface area contributed by atoms with Crippen LogP contribution in [0.1, 0.15) is 22.5 Å². The molecule has 1 amide bonds. The lowest BCUT2D eigenvalue weighted by Gasteiger charge is -2.12. The Labute approximate surface area is 225 Å². The summed E-state index contributed by atoms with van der Waals surface area (Å²) in [7, 11) is -3.05. The van der Waals surface area contributed by atoms with E-state index in [0.29, 0.717) is 22.4 Å². The SMILES string of the molecule is COCCOc1nn(-c2ccc3cnc(CNC(=O)c4cc(F)c5c(c4)S(=O)(=O)[C@@H](F)CCO5)cc3n2)cc1F. The van der Waals surface area contributed by atoms with Crippen LogP contribution >= 0.6 is 0 Å². The average Bonchev–Trinajstić information content (AvgIpc) is 3.26. The molecule has 0 radical (unpaired) electrons. The lowest BCUT2D eigenvalue weighted by molar-refractivity contribution is 0.0949. The summed E-state index contributed by atoms with van der Waals surface area (Å²) in [5.41, 5.74) is -1.78. The standard InChI is InChI=1S/C25H22F3N5O6S/c1-37-6-7-39-25-18(27)13-33(32-25)22-3-2-14-11-29-16(10-19(14)31-22)12-30-24(34)15-8-17(26)23-20(9-15)40(35,36)21(28)4-5-38-23/h2-3,8-11,13,21H,4-7,12H2,1H3,(H,30,34)/t21-/m1/s1. The molecule has 1 aliphatic heterocycles. The van der Waals surface area contributed by atoms with E-state index in [4.69, 9.17) is 14.2 Å². The van der Waals surface area contributed by atoms with Gasteiger partial charge in [-0.15, -0.1) is 5.10 Å². The molecule has 40 heavy (non-hydrogen) atoms. The van der Waals surface area contributed by atoms with E-state index < -0.39 is 49.9 Å². The number of alkyl halides is 1. The molecular weight excluding hydrogens is 555 g/mol. The maximum absolute atomic E-state index is 14.6. The Morgan fingerprint density at radius 2 is 2.02 bits per heavy atom. The number of nitrogens with zero attached hydrogens (tertiary/aromatic N) is 4. The number of pyridine rings is 2. The largest absolute Gasteiger partial charge is 0.489 e. The maximum atomic E-state index is 14.6. The number of sulfone groups is 1. The van der Waals surface area contributed by atoms with Crippen molar-refractivity contribution < 1.29 is 40.6 Å². The molecule has 0 saturated heterocycles. The maximum Gasteiger partial charge on any atom is 0.269 e. The number of rotatable bonds is 8. The minimum Gasteiger partial charge on any atom is -0.489 e. The van der Waals surface area contributed by atoms with Gasteiger partial charge in [0.2, 0.25) is 21.2 Å². The first-order valence-electron chi connectivity index (χ1n) is 11.9. The van der Waals surface area contributed by atoms with E-state index >= 15 is 0 Å². The van der Waals surface area contributed by atoms with Crippen molar-refractivity contribution in [2.45, 2.75) is 23.4 Å². The summed E-state index contributed by atoms with van der Waals surface area (Å²) in [4.78, 5) is 20.8. The van der Waals surface area contributed by atoms with E-state index in [1.54, 1.807) is 18.2 Å². The minimum atomic E-state index is -4.54. The van der Waals surface area contributed by atoms with Gasteiger partial charge in [-0.2, -0.15) is 4.39 Å². The first-order valence-corrected chi connectivity index (χ1v) is 13.5. The van der Waals surface area contributed by atoms with Gasteiger partial charge in [0, 0.05) is 30.7 Å². The highest BCUT2D eigenvalue weighted by molar-refractivity contribution is 7.92. The minimum absolute atomic E-state index is 0.119. The van der Waals surface area contributed by atoms with Gasteiger partial charge in [-0.1, -0.05) is 0 Å². The Bertz CT molecular complexity index is 1700. The first-order chi connectivity index (χ1) is 19.2. The van der Waals surface area contributed by atoms with E-state index in [-0.39, 0.29) is 37.8 Å². The fraction of sp³-hybridized carbons (Fsp3) is 0.280. The molecule has 1 aliphatic rings. The summed E-state index contributed by atoms with van der Waals surface area (Å²) in [5.74, 6) is -3.10. The molecule has 15 heteroatoms. The van der Waals surface area contributed by atoms with Crippen LogP contribution in [-0.4, -0.2) is 66.5 Å². The number of fused-ring (bicyclic) bond motifs is 2. The third kappa shape index (κ3) is 5.42. The van der Waals surface area contributed by atoms with Gasteiger partial charge in [0.05, 0.1) is 37.2 Å². The molecule has 0 saturated carbocycles. The number of carbonyl (C=O) groups excluding carboxylic acids is 1. The van der Waals surface area contributed by atoms with E-state index in [2.05, 4.69) is 20.4 Å². The summed E-state index contributed by atoms with van der Waals surface area (Å²) < 4.78 is 84.3. The zero-order valence-corrected chi connectivity index (χ0v) is 21.8. The van der Waals surface area contributed by atoms with Gasteiger partial charge in [-0.25, -0.2) is 26.9 Å². The van der Waals surface area contributed by atoms with Crippen molar-refractivity contribution in [3.8, 4) is 17.4 Å². The second kappa shape index (κ2) is 11.1. The van der Waals surface area contributed by atoms with Gasteiger partial charge >= 0.3 is 0 Å². The van der Waals surface area contributed by atoms with Crippen molar-refractivity contribution in [3.63, 3.8) is 0 Å². The fourth-order valence-electron chi connectivity index (χ4n) is 3.92. The monoisotopic (exact) mass is 577 g/mol. The molecule has 1 N–H and O–H groups in total. The second-order valence-corrected chi connectivity index (χ2v) is 10.7. The molecule has 4 heterocycles. The van der Waals surface area contributed by atoms with E-state index in [9.17, 15) is 26.4 Å². The molecule has 0 spiro atoms. The van der Waals surface area contributed by atoms with Crippen molar-refractivity contribution in [1.29, 1.82) is 0 Å². The number of nitrogens with one attached hydrogen (secondary N) is 1. The number of benzene rings is 1. The smallest absolute Gasteiger partial charge is 0.269 e. The molecule has 11 nitrogen and oxygen atoms in total. The van der Waals surface area contributed by atoms with Crippen molar-refractivity contribution in [2.24, 2.45) is 0 Å². The number of halogens is 3. The Morgan fingerprint density at radius 1 is 1.20 bits per heavy atom. The zero-order chi connectivity index (χ0) is 28.4. The molecule has 5 rings (SSSR count). The van der Waals surface area contributed by atoms with Crippen LogP contribution in [0.3, 0.4) is 0 Å². The Kier molecular flexibility index (Phi) is 7.58. The van der Waals surface area contributed by atoms with Gasteiger partial charge in [-0.05, 0) is 30.3 Å². The highest BCUT2D eigenvalue weighted by atomic mass is 32.2. The number of carbonyl (C=O) groups is 1. The first kappa shape index (κ1) is 27.3. The lowest BCUT2D eigenvalue weighted by Crippen LogP contribution is -2.24. The molecule has 3 aromatic heterocycles. The van der Waals surface area contributed by atoms with Gasteiger partial charge in [0.1, 0.15) is 11.5 Å². The summed E-state index contributed by atoms with van der Waals surface area (Å²) in [6, 6.07) is 6.61. The molecule has 0 fully saturated rings. The molecular formula is C25H22F3N5O6S. The molecule has 1 aromatic carbocycles. The molecule has 0 aliphatic carbocycles. The normalized spacial score (nSPS) is 16.1. The molecule has 4 aromatic rings. The van der Waals surface area contributed by atoms with Gasteiger partial charge in [-0.3, -0.25) is 9.78 Å². The quantitative estimate of drug-likeness (QED) is 0.314. The lowest BCUT2D eigenvalue weighted by atomic mass is 10.2. The second-order valence-electron chi connectivity index (χ2n) is 8.67. The topological polar surface area (TPSA) is 135 Å². The van der Waals surface area contributed by atoms with Crippen LogP contribution in [0.5, 0.6) is 11.6 Å². The fourth-order valence-corrected chi connectivity index (χ4v) is 5.30. The van der Waals surface area contributed by atoms with Crippen LogP contribution in [-0.2, 0) is 21.1 Å². The predicted molar refractivity (Wildman–Crippen MR) is 134 cm³/mol. The van der Waals surface area contributed by atoms with Crippen LogP contribution in [0.25, 0.3) is 16.7 Å². The summed E-state index contributed by atoms with van der Waals surface area (Å²) in [6.45, 7) is -0.0611. The van der Waals surface area contributed by atoms with E-state index in [1.165, 1.54) is 18.0 Å². The van der Waals surface area contributed by atoms with Crippen LogP contribution in [0.15, 0.2) is 47.6 Å². The van der Waals surface area contributed by atoms with Crippen LogP contribution < -0.4 is 14.8 Å². The summed E-state index contributed by atoms with van der Waals surface area (Å²) >= 11 is 0. The molecule has 0 bridgehead atoms. The third-order valence-corrected chi connectivity index (χ3v) is 7.78. The van der Waals surface area contributed by atoms with Crippen LogP contribution in [0.4, 0.5) is 13.2 Å². The van der Waals surface area contributed by atoms with E-state index in [1.807, 2.05) is 0 Å². The molecule has 0 unspecified atom stereocenters. The Hall–Kier alpha value is -4.24. The van der Waals surface area contributed by atoms with E-state index in [0.717, 1.165) is 18.3 Å². The number of hydrogen-bond acceptors (Lipinski definition) is 9. The number of hydrogen-bond donors (Lipinski definition) is 1. The van der Waals surface area contributed by atoms with Crippen molar-refractivity contribution in [2.75, 3.05) is 26.9 Å². The van der Waals surface area contributed by atoms with Gasteiger partial charge in [0.15, 0.2) is 17.4 Å². The zero-order valence-electron chi connectivity index (χ0n) is 20.9. The summed E-state index contributed by atoms with van der Waals surface area (Å²) in [5, 5.41) is 7.24. The third-order valence-electron chi connectivity index (χ3n) is 5.95. The predicted octanol–water partition coefficient (Wildman–Crippen LogP) is 2.90. The average molecular weight is 578 g/mol. The van der Waals surface area contributed by atoms with Crippen molar-refractivity contribution >= 4 is 26.6 Å². The van der Waals surface area contributed by atoms with Crippen LogP contribution in [0.2, 0.25) is 0 Å². The number of amides is 1.